The molecular weight excluding hydrogens is 278 g/mol. The summed E-state index contributed by atoms with van der Waals surface area (Å²) in [7, 11) is 1.64. The highest BCUT2D eigenvalue weighted by molar-refractivity contribution is 5.79. The zero-order valence-corrected chi connectivity index (χ0v) is 13.0. The van der Waals surface area contributed by atoms with Crippen molar-refractivity contribution < 1.29 is 9.53 Å². The van der Waals surface area contributed by atoms with E-state index in [9.17, 15) is 4.79 Å². The maximum absolute atomic E-state index is 12.6. The number of likely N-dealkylation sites (tertiary alicyclic amines) is 1. The highest BCUT2D eigenvalue weighted by Crippen LogP contribution is 2.30. The fraction of sp³-hybridized carbons (Fsp3) is 0.412. The third kappa shape index (κ3) is 2.98. The zero-order valence-electron chi connectivity index (χ0n) is 13.0. The second-order valence-electron chi connectivity index (χ2n) is 5.72. The molecule has 1 amide bonds. The molecule has 1 saturated heterocycles. The lowest BCUT2D eigenvalue weighted by atomic mass is 10.1. The number of aromatic nitrogens is 2. The summed E-state index contributed by atoms with van der Waals surface area (Å²) in [5, 5.41) is 0. The van der Waals surface area contributed by atoms with Crippen LogP contribution in [0.5, 0.6) is 5.75 Å². The van der Waals surface area contributed by atoms with Gasteiger partial charge in [-0.2, -0.15) is 0 Å². The summed E-state index contributed by atoms with van der Waals surface area (Å²) < 4.78 is 5.14. The summed E-state index contributed by atoms with van der Waals surface area (Å²) in [5.74, 6) is 1.86. The highest BCUT2D eigenvalue weighted by atomic mass is 16.5. The van der Waals surface area contributed by atoms with Crippen molar-refractivity contribution in [1.82, 2.24) is 14.9 Å². The van der Waals surface area contributed by atoms with E-state index in [0.717, 1.165) is 42.2 Å². The SMILES string of the molecule is COc1ccc(CC(=O)N2CCCC2c2ncc(C)[nH]2)cc1. The van der Waals surface area contributed by atoms with Crippen LogP contribution in [-0.4, -0.2) is 34.4 Å². The Morgan fingerprint density at radius 3 is 2.82 bits per heavy atom. The lowest BCUT2D eigenvalue weighted by molar-refractivity contribution is -0.131. The number of benzene rings is 1. The second-order valence-corrected chi connectivity index (χ2v) is 5.72. The fourth-order valence-electron chi connectivity index (χ4n) is 2.97. The number of imidazole rings is 1. The van der Waals surface area contributed by atoms with Crippen LogP contribution in [0, 0.1) is 6.92 Å². The first-order chi connectivity index (χ1) is 10.7. The summed E-state index contributed by atoms with van der Waals surface area (Å²) in [6.45, 7) is 2.79. The largest absolute Gasteiger partial charge is 0.497 e. The van der Waals surface area contributed by atoms with Gasteiger partial charge in [-0.15, -0.1) is 0 Å². The minimum atomic E-state index is 0.0828. The Bertz CT molecular complexity index is 648. The van der Waals surface area contributed by atoms with Crippen molar-refractivity contribution in [2.24, 2.45) is 0 Å². The number of carbonyl (C=O) groups excluding carboxylic acids is 1. The topological polar surface area (TPSA) is 58.2 Å². The van der Waals surface area contributed by atoms with E-state index in [2.05, 4.69) is 9.97 Å². The first-order valence-electron chi connectivity index (χ1n) is 7.61. The van der Waals surface area contributed by atoms with Crippen LogP contribution in [0.4, 0.5) is 0 Å². The molecule has 1 aromatic carbocycles. The third-order valence-electron chi connectivity index (χ3n) is 4.13. The Morgan fingerprint density at radius 1 is 1.41 bits per heavy atom. The predicted octanol–water partition coefficient (Wildman–Crippen LogP) is 2.63. The number of carbonyl (C=O) groups is 1. The van der Waals surface area contributed by atoms with E-state index in [-0.39, 0.29) is 11.9 Å². The van der Waals surface area contributed by atoms with Crippen LogP contribution in [0.25, 0.3) is 0 Å². The first-order valence-corrected chi connectivity index (χ1v) is 7.61. The molecule has 5 nitrogen and oxygen atoms in total. The Kier molecular flexibility index (Phi) is 4.13. The lowest BCUT2D eigenvalue weighted by Crippen LogP contribution is -2.32. The van der Waals surface area contributed by atoms with Gasteiger partial charge in [0.1, 0.15) is 11.6 Å². The van der Waals surface area contributed by atoms with Crippen molar-refractivity contribution >= 4 is 5.91 Å². The van der Waals surface area contributed by atoms with Gasteiger partial charge in [0.2, 0.25) is 5.91 Å². The Labute approximate surface area is 130 Å². The van der Waals surface area contributed by atoms with E-state index in [1.807, 2.05) is 42.3 Å². The summed E-state index contributed by atoms with van der Waals surface area (Å²) in [5.41, 5.74) is 2.04. The van der Waals surface area contributed by atoms with Crippen LogP contribution in [0.3, 0.4) is 0 Å². The molecule has 1 aliphatic rings. The standard InChI is InChI=1S/C17H21N3O2/c1-12-11-18-17(19-12)15-4-3-9-20(15)16(21)10-13-5-7-14(22-2)8-6-13/h5-8,11,15H,3-4,9-10H2,1-2H3,(H,18,19). The van der Waals surface area contributed by atoms with Gasteiger partial charge in [0.05, 0.1) is 19.6 Å². The average molecular weight is 299 g/mol. The summed E-state index contributed by atoms with van der Waals surface area (Å²) in [6, 6.07) is 7.75. The summed E-state index contributed by atoms with van der Waals surface area (Å²) in [6.07, 6.45) is 4.24. The molecule has 0 aliphatic carbocycles. The van der Waals surface area contributed by atoms with Gasteiger partial charge in [-0.3, -0.25) is 4.79 Å². The number of aryl methyl sites for hydroxylation is 1. The van der Waals surface area contributed by atoms with E-state index in [1.165, 1.54) is 0 Å². The van der Waals surface area contributed by atoms with Gasteiger partial charge >= 0.3 is 0 Å². The quantitative estimate of drug-likeness (QED) is 0.944. The molecule has 1 aromatic heterocycles. The number of rotatable bonds is 4. The second kappa shape index (κ2) is 6.22. The van der Waals surface area contributed by atoms with Gasteiger partial charge in [0, 0.05) is 18.4 Å². The molecule has 1 unspecified atom stereocenters. The van der Waals surface area contributed by atoms with Gasteiger partial charge in [0.15, 0.2) is 0 Å². The molecule has 0 spiro atoms. The number of nitrogens with zero attached hydrogens (tertiary/aromatic N) is 2. The van der Waals surface area contributed by atoms with Crippen molar-refractivity contribution in [2.45, 2.75) is 32.2 Å². The van der Waals surface area contributed by atoms with Crippen LogP contribution in [0.15, 0.2) is 30.5 Å². The van der Waals surface area contributed by atoms with Gasteiger partial charge in [-0.1, -0.05) is 12.1 Å². The van der Waals surface area contributed by atoms with Crippen LogP contribution in [0.2, 0.25) is 0 Å². The molecule has 0 saturated carbocycles. The number of hydrogen-bond donors (Lipinski definition) is 1. The molecule has 2 heterocycles. The van der Waals surface area contributed by atoms with Gasteiger partial charge in [-0.05, 0) is 37.5 Å². The van der Waals surface area contributed by atoms with Crippen LogP contribution < -0.4 is 4.74 Å². The van der Waals surface area contributed by atoms with Gasteiger partial charge in [0.25, 0.3) is 0 Å². The molecule has 3 rings (SSSR count). The first kappa shape index (κ1) is 14.6. The molecule has 1 aliphatic heterocycles. The number of hydrogen-bond acceptors (Lipinski definition) is 3. The molecule has 1 atom stereocenters. The van der Waals surface area contributed by atoms with Crippen molar-refractivity contribution in [3.63, 3.8) is 0 Å². The Hall–Kier alpha value is -2.30. The van der Waals surface area contributed by atoms with Gasteiger partial charge < -0.3 is 14.6 Å². The van der Waals surface area contributed by atoms with E-state index in [4.69, 9.17) is 4.74 Å². The summed E-state index contributed by atoms with van der Waals surface area (Å²) in [4.78, 5) is 22.2. The van der Waals surface area contributed by atoms with E-state index in [0.29, 0.717) is 6.42 Å². The third-order valence-corrected chi connectivity index (χ3v) is 4.13. The molecule has 1 fully saturated rings. The van der Waals surface area contributed by atoms with E-state index >= 15 is 0 Å². The lowest BCUT2D eigenvalue weighted by Gasteiger charge is -2.23. The molecule has 1 N–H and O–H groups in total. The predicted molar refractivity (Wildman–Crippen MR) is 83.7 cm³/mol. The van der Waals surface area contributed by atoms with Crippen LogP contribution in [-0.2, 0) is 11.2 Å². The van der Waals surface area contributed by atoms with Crippen molar-refractivity contribution in [3.05, 3.63) is 47.5 Å². The smallest absolute Gasteiger partial charge is 0.227 e. The fourth-order valence-corrected chi connectivity index (χ4v) is 2.97. The Balaban J connectivity index is 1.70. The van der Waals surface area contributed by atoms with Gasteiger partial charge in [-0.25, -0.2) is 4.98 Å². The molecule has 5 heteroatoms. The molecular formula is C17H21N3O2. The maximum Gasteiger partial charge on any atom is 0.227 e. The molecule has 116 valence electrons. The Morgan fingerprint density at radius 2 is 2.18 bits per heavy atom. The minimum absolute atomic E-state index is 0.0828. The highest BCUT2D eigenvalue weighted by Gasteiger charge is 2.31. The minimum Gasteiger partial charge on any atom is -0.497 e. The monoisotopic (exact) mass is 299 g/mol. The number of aromatic amines is 1. The normalized spacial score (nSPS) is 17.7. The van der Waals surface area contributed by atoms with Crippen LogP contribution in [0.1, 0.15) is 36.0 Å². The number of H-pyrrole nitrogens is 1. The number of ether oxygens (including phenoxy) is 1. The maximum atomic E-state index is 12.6. The number of amides is 1. The molecule has 2 aromatic rings. The number of methoxy groups -OCH3 is 1. The number of nitrogens with one attached hydrogen (secondary N) is 1. The van der Waals surface area contributed by atoms with Crippen molar-refractivity contribution in [3.8, 4) is 5.75 Å². The van der Waals surface area contributed by atoms with Crippen molar-refractivity contribution in [2.75, 3.05) is 13.7 Å². The average Bonchev–Trinajstić information content (AvgIpc) is 3.16. The zero-order chi connectivity index (χ0) is 15.5. The van der Waals surface area contributed by atoms with E-state index in [1.54, 1.807) is 7.11 Å². The van der Waals surface area contributed by atoms with Crippen LogP contribution >= 0.6 is 0 Å². The molecule has 0 radical (unpaired) electrons. The molecule has 22 heavy (non-hydrogen) atoms. The summed E-state index contributed by atoms with van der Waals surface area (Å²) >= 11 is 0. The van der Waals surface area contributed by atoms with Crippen molar-refractivity contribution in [1.29, 1.82) is 0 Å². The van der Waals surface area contributed by atoms with E-state index < -0.39 is 0 Å². The molecule has 0 bridgehead atoms.